The molecule has 15 heavy (non-hydrogen) atoms. The molecule has 1 amide bonds. The number of amides is 1. The molecule has 0 aliphatic heterocycles. The Labute approximate surface area is 88.0 Å². The third-order valence-electron chi connectivity index (χ3n) is 1.96. The van der Waals surface area contributed by atoms with Crippen molar-refractivity contribution in [3.05, 3.63) is 17.8 Å². The lowest BCUT2D eigenvalue weighted by atomic mass is 10.3. The van der Waals surface area contributed by atoms with Gasteiger partial charge in [-0.15, -0.1) is 0 Å². The average Bonchev–Trinajstić information content (AvgIpc) is 2.65. The highest BCUT2D eigenvalue weighted by Gasteiger charge is 2.08. The van der Waals surface area contributed by atoms with Crippen LogP contribution < -0.4 is 16.8 Å². The van der Waals surface area contributed by atoms with E-state index in [1.807, 2.05) is 6.92 Å². The Balaban J connectivity index is 2.28. The quantitative estimate of drug-likeness (QED) is 0.568. The van der Waals surface area contributed by atoms with E-state index in [4.69, 9.17) is 15.9 Å². The maximum absolute atomic E-state index is 10.6. The van der Waals surface area contributed by atoms with E-state index in [0.29, 0.717) is 19.0 Å². The highest BCUT2D eigenvalue weighted by atomic mass is 16.4. The van der Waals surface area contributed by atoms with Gasteiger partial charge in [0.1, 0.15) is 5.76 Å². The summed E-state index contributed by atoms with van der Waals surface area (Å²) in [4.78, 5) is 14.7. The van der Waals surface area contributed by atoms with Crippen molar-refractivity contribution in [3.8, 4) is 0 Å². The van der Waals surface area contributed by atoms with E-state index < -0.39 is 11.9 Å². The van der Waals surface area contributed by atoms with Crippen LogP contribution >= 0.6 is 0 Å². The second kappa shape index (κ2) is 5.47. The van der Waals surface area contributed by atoms with E-state index >= 15 is 0 Å². The maximum atomic E-state index is 10.6. The van der Waals surface area contributed by atoms with Crippen LogP contribution in [0.5, 0.6) is 0 Å². The van der Waals surface area contributed by atoms with Crippen molar-refractivity contribution in [3.63, 3.8) is 0 Å². The van der Waals surface area contributed by atoms with Gasteiger partial charge in [0.05, 0.1) is 18.8 Å². The van der Waals surface area contributed by atoms with Crippen molar-refractivity contribution < 1.29 is 9.21 Å². The van der Waals surface area contributed by atoms with Crippen molar-refractivity contribution in [2.45, 2.75) is 25.9 Å². The van der Waals surface area contributed by atoms with E-state index in [9.17, 15) is 4.79 Å². The van der Waals surface area contributed by atoms with Crippen LogP contribution in [-0.2, 0) is 17.8 Å². The first-order valence-electron chi connectivity index (χ1n) is 4.82. The molecule has 0 bridgehead atoms. The number of carbonyl (C=O) groups is 1. The molecule has 1 rings (SSSR count). The fourth-order valence-electron chi connectivity index (χ4n) is 1.03. The first-order valence-corrected chi connectivity index (χ1v) is 4.82. The van der Waals surface area contributed by atoms with Gasteiger partial charge in [0, 0.05) is 13.0 Å². The van der Waals surface area contributed by atoms with E-state index in [-0.39, 0.29) is 0 Å². The minimum atomic E-state index is -0.675. The van der Waals surface area contributed by atoms with Gasteiger partial charge in [-0.2, -0.15) is 0 Å². The zero-order valence-electron chi connectivity index (χ0n) is 8.69. The summed E-state index contributed by atoms with van der Waals surface area (Å²) in [6.07, 6.45) is 2.50. The van der Waals surface area contributed by atoms with Crippen molar-refractivity contribution in [2.75, 3.05) is 6.54 Å². The van der Waals surface area contributed by atoms with Gasteiger partial charge in [-0.1, -0.05) is 6.92 Å². The monoisotopic (exact) mass is 212 g/mol. The third kappa shape index (κ3) is 3.69. The fraction of sp³-hybridized carbons (Fsp3) is 0.556. The number of carbonyl (C=O) groups excluding carboxylic acids is 1. The number of aromatic nitrogens is 1. The van der Waals surface area contributed by atoms with E-state index in [1.165, 1.54) is 0 Å². The Morgan fingerprint density at radius 2 is 2.47 bits per heavy atom. The molecule has 1 aromatic heterocycles. The Morgan fingerprint density at radius 3 is 3.00 bits per heavy atom. The molecule has 1 aromatic rings. The van der Waals surface area contributed by atoms with Crippen LogP contribution in [-0.4, -0.2) is 23.5 Å². The molecule has 84 valence electrons. The van der Waals surface area contributed by atoms with Crippen molar-refractivity contribution in [2.24, 2.45) is 11.5 Å². The predicted molar refractivity (Wildman–Crippen MR) is 54.8 cm³/mol. The van der Waals surface area contributed by atoms with Gasteiger partial charge < -0.3 is 21.2 Å². The minimum Gasteiger partial charge on any atom is -0.444 e. The molecule has 1 heterocycles. The van der Waals surface area contributed by atoms with Crippen LogP contribution in [0.1, 0.15) is 18.6 Å². The van der Waals surface area contributed by atoms with Crippen molar-refractivity contribution in [1.82, 2.24) is 10.3 Å². The summed E-state index contributed by atoms with van der Waals surface area (Å²) < 4.78 is 5.34. The lowest BCUT2D eigenvalue weighted by molar-refractivity contribution is -0.119. The number of nitrogens with one attached hydrogen (secondary N) is 1. The minimum absolute atomic E-state index is 0.319. The maximum Gasteiger partial charge on any atom is 0.235 e. The molecule has 0 radical (unpaired) electrons. The SMILES string of the molecule is CCc1cnc(CNCC(N)C(N)=O)o1. The Bertz CT molecular complexity index is 324. The van der Waals surface area contributed by atoms with Gasteiger partial charge in [-0.05, 0) is 0 Å². The lowest BCUT2D eigenvalue weighted by Gasteiger charge is -2.06. The molecule has 0 aromatic carbocycles. The van der Waals surface area contributed by atoms with Crippen LogP contribution in [0.2, 0.25) is 0 Å². The molecule has 0 aliphatic carbocycles. The van der Waals surface area contributed by atoms with E-state index in [1.54, 1.807) is 6.20 Å². The number of hydrogen-bond donors (Lipinski definition) is 3. The standard InChI is InChI=1S/C9H16N4O2/c1-2-6-3-13-8(15-6)5-12-4-7(10)9(11)14/h3,7,12H,2,4-5,10H2,1H3,(H2,11,14). The number of nitrogens with zero attached hydrogens (tertiary/aromatic N) is 1. The topological polar surface area (TPSA) is 107 Å². The first kappa shape index (κ1) is 11.7. The molecule has 0 saturated carbocycles. The molecule has 1 atom stereocenters. The number of oxazole rings is 1. The molecule has 6 nitrogen and oxygen atoms in total. The Morgan fingerprint density at radius 1 is 1.73 bits per heavy atom. The van der Waals surface area contributed by atoms with Gasteiger partial charge in [0.25, 0.3) is 0 Å². The van der Waals surface area contributed by atoms with E-state index in [0.717, 1.165) is 12.2 Å². The molecule has 5 N–H and O–H groups in total. The molecule has 6 heteroatoms. The summed E-state index contributed by atoms with van der Waals surface area (Å²) in [6, 6.07) is -0.675. The van der Waals surface area contributed by atoms with Crippen molar-refractivity contribution >= 4 is 5.91 Å². The molecule has 0 aliphatic rings. The van der Waals surface area contributed by atoms with Crippen LogP contribution in [0.3, 0.4) is 0 Å². The number of rotatable bonds is 6. The molecular weight excluding hydrogens is 196 g/mol. The van der Waals surface area contributed by atoms with Crippen LogP contribution in [0.4, 0.5) is 0 Å². The van der Waals surface area contributed by atoms with E-state index in [2.05, 4.69) is 10.3 Å². The smallest absolute Gasteiger partial charge is 0.235 e. The van der Waals surface area contributed by atoms with Gasteiger partial charge in [-0.3, -0.25) is 4.79 Å². The molecule has 1 unspecified atom stereocenters. The highest BCUT2D eigenvalue weighted by molar-refractivity contribution is 5.79. The third-order valence-corrected chi connectivity index (χ3v) is 1.96. The highest BCUT2D eigenvalue weighted by Crippen LogP contribution is 2.03. The second-order valence-corrected chi connectivity index (χ2v) is 3.21. The largest absolute Gasteiger partial charge is 0.444 e. The number of primary amides is 1. The van der Waals surface area contributed by atoms with Crippen LogP contribution in [0.15, 0.2) is 10.6 Å². The number of aryl methyl sites for hydroxylation is 1. The first-order chi connectivity index (χ1) is 7.13. The normalized spacial score (nSPS) is 12.7. The summed E-state index contributed by atoms with van der Waals surface area (Å²) in [6.45, 7) is 2.75. The molecule has 0 spiro atoms. The Kier molecular flexibility index (Phi) is 4.26. The average molecular weight is 212 g/mol. The summed E-state index contributed by atoms with van der Waals surface area (Å²) in [7, 11) is 0. The van der Waals surface area contributed by atoms with Gasteiger partial charge in [0.15, 0.2) is 0 Å². The summed E-state index contributed by atoms with van der Waals surface area (Å²) >= 11 is 0. The summed E-state index contributed by atoms with van der Waals surface area (Å²) in [5.41, 5.74) is 10.4. The number of hydrogen-bond acceptors (Lipinski definition) is 5. The van der Waals surface area contributed by atoms with Crippen LogP contribution in [0, 0.1) is 0 Å². The fourth-order valence-corrected chi connectivity index (χ4v) is 1.03. The molecule has 0 fully saturated rings. The molecular formula is C9H16N4O2. The van der Waals surface area contributed by atoms with Gasteiger partial charge in [0.2, 0.25) is 11.8 Å². The van der Waals surface area contributed by atoms with Gasteiger partial charge in [-0.25, -0.2) is 4.98 Å². The van der Waals surface area contributed by atoms with Crippen LogP contribution in [0.25, 0.3) is 0 Å². The summed E-state index contributed by atoms with van der Waals surface area (Å²) in [5, 5.41) is 2.94. The summed E-state index contributed by atoms with van der Waals surface area (Å²) in [5.74, 6) is 0.902. The lowest BCUT2D eigenvalue weighted by Crippen LogP contribution is -2.44. The van der Waals surface area contributed by atoms with Crippen molar-refractivity contribution in [1.29, 1.82) is 0 Å². The van der Waals surface area contributed by atoms with Gasteiger partial charge >= 0.3 is 0 Å². The zero-order valence-corrected chi connectivity index (χ0v) is 8.69. The predicted octanol–water partition coefficient (Wildman–Crippen LogP) is -0.861. The zero-order chi connectivity index (χ0) is 11.3. The molecule has 0 saturated heterocycles. The second-order valence-electron chi connectivity index (χ2n) is 3.21. The number of nitrogens with two attached hydrogens (primary N) is 2. The Hall–Kier alpha value is -1.40.